The number of hydrogen-bond donors (Lipinski definition) is 1. The first-order chi connectivity index (χ1) is 10.6. The molecule has 5 heteroatoms. The zero-order valence-electron chi connectivity index (χ0n) is 13.2. The Bertz CT molecular complexity index is 508. The Labute approximate surface area is 132 Å². The summed E-state index contributed by atoms with van der Waals surface area (Å²) in [6.07, 6.45) is 0. The highest BCUT2D eigenvalue weighted by atomic mass is 16.4. The average Bonchev–Trinajstić information content (AvgIpc) is 2.66. The van der Waals surface area contributed by atoms with Gasteiger partial charge in [0, 0.05) is 51.9 Å². The van der Waals surface area contributed by atoms with Crippen LogP contribution in [0.3, 0.4) is 0 Å². The molecule has 0 aliphatic carbocycles. The highest BCUT2D eigenvalue weighted by molar-refractivity contribution is 5.70. The van der Waals surface area contributed by atoms with E-state index in [9.17, 15) is 9.90 Å². The molecule has 2 heterocycles. The van der Waals surface area contributed by atoms with Gasteiger partial charge in [-0.3, -0.25) is 14.6 Å². The molecule has 2 atom stereocenters. The van der Waals surface area contributed by atoms with Crippen LogP contribution in [-0.2, 0) is 11.3 Å². The molecule has 0 saturated carbocycles. The Kier molecular flexibility index (Phi) is 4.76. The number of carboxylic acid groups (broad SMARTS) is 1. The molecule has 3 rings (SSSR count). The van der Waals surface area contributed by atoms with Crippen LogP contribution in [0.1, 0.15) is 5.56 Å². The van der Waals surface area contributed by atoms with E-state index in [0.717, 1.165) is 32.7 Å². The molecule has 5 nitrogen and oxygen atoms in total. The van der Waals surface area contributed by atoms with Crippen LogP contribution in [0.15, 0.2) is 30.3 Å². The number of carboxylic acids is 1. The molecule has 2 aliphatic rings. The summed E-state index contributed by atoms with van der Waals surface area (Å²) in [6.45, 7) is 6.28. The maximum Gasteiger partial charge on any atom is 0.309 e. The number of likely N-dealkylation sites (N-methyl/N-ethyl adjacent to an activating group) is 1. The van der Waals surface area contributed by atoms with Crippen LogP contribution in [-0.4, -0.2) is 78.1 Å². The first-order valence-electron chi connectivity index (χ1n) is 8.03. The van der Waals surface area contributed by atoms with E-state index >= 15 is 0 Å². The van der Waals surface area contributed by atoms with Crippen LogP contribution in [0.25, 0.3) is 0 Å². The van der Waals surface area contributed by atoms with Gasteiger partial charge in [-0.1, -0.05) is 30.3 Å². The molecule has 2 saturated heterocycles. The second kappa shape index (κ2) is 6.77. The number of fused-ring (bicyclic) bond motifs is 1. The molecule has 1 aromatic rings. The highest BCUT2D eigenvalue weighted by Gasteiger charge is 2.35. The summed E-state index contributed by atoms with van der Waals surface area (Å²) in [5.41, 5.74) is 1.35. The molecule has 1 aromatic carbocycles. The zero-order chi connectivity index (χ0) is 15.5. The van der Waals surface area contributed by atoms with Gasteiger partial charge in [0.15, 0.2) is 0 Å². The number of carbonyl (C=O) groups is 1. The third kappa shape index (κ3) is 3.66. The fourth-order valence-electron chi connectivity index (χ4n) is 3.66. The summed E-state index contributed by atoms with van der Waals surface area (Å²) in [5, 5.41) is 9.35. The molecular formula is C17H25N3O2. The number of benzene rings is 1. The monoisotopic (exact) mass is 303 g/mol. The molecular weight excluding hydrogens is 278 g/mol. The molecule has 2 unspecified atom stereocenters. The number of aliphatic carboxylic acids is 1. The fraction of sp³-hybridized carbons (Fsp3) is 0.588. The van der Waals surface area contributed by atoms with Crippen molar-refractivity contribution in [3.63, 3.8) is 0 Å². The SMILES string of the molecule is CN1CC(C(=O)O)CN2CCN(Cc3ccccc3)CC2C1. The Balaban J connectivity index is 1.63. The van der Waals surface area contributed by atoms with Crippen molar-refractivity contribution in [2.75, 3.05) is 46.3 Å². The second-order valence-electron chi connectivity index (χ2n) is 6.63. The van der Waals surface area contributed by atoms with E-state index in [2.05, 4.69) is 39.0 Å². The molecule has 0 bridgehead atoms. The maximum atomic E-state index is 11.4. The molecule has 22 heavy (non-hydrogen) atoms. The van der Waals surface area contributed by atoms with Crippen molar-refractivity contribution in [3.8, 4) is 0 Å². The van der Waals surface area contributed by atoms with Gasteiger partial charge in [0.1, 0.15) is 0 Å². The van der Waals surface area contributed by atoms with Crippen LogP contribution in [0, 0.1) is 5.92 Å². The van der Waals surface area contributed by atoms with Crippen molar-refractivity contribution in [1.82, 2.24) is 14.7 Å². The molecule has 1 N–H and O–H groups in total. The van der Waals surface area contributed by atoms with E-state index < -0.39 is 5.97 Å². The zero-order valence-corrected chi connectivity index (χ0v) is 13.2. The molecule has 0 aromatic heterocycles. The lowest BCUT2D eigenvalue weighted by atomic mass is 10.1. The van der Waals surface area contributed by atoms with Crippen LogP contribution in [0.4, 0.5) is 0 Å². The van der Waals surface area contributed by atoms with E-state index in [-0.39, 0.29) is 5.92 Å². The van der Waals surface area contributed by atoms with E-state index in [1.807, 2.05) is 13.1 Å². The summed E-state index contributed by atoms with van der Waals surface area (Å²) < 4.78 is 0. The van der Waals surface area contributed by atoms with Crippen LogP contribution in [0.2, 0.25) is 0 Å². The molecule has 0 radical (unpaired) electrons. The highest BCUT2D eigenvalue weighted by Crippen LogP contribution is 2.19. The predicted molar refractivity (Wildman–Crippen MR) is 85.7 cm³/mol. The van der Waals surface area contributed by atoms with Gasteiger partial charge in [-0.25, -0.2) is 0 Å². The number of hydrogen-bond acceptors (Lipinski definition) is 4. The number of nitrogens with zero attached hydrogens (tertiary/aromatic N) is 3. The largest absolute Gasteiger partial charge is 0.481 e. The Morgan fingerprint density at radius 3 is 2.64 bits per heavy atom. The lowest BCUT2D eigenvalue weighted by Gasteiger charge is -2.41. The van der Waals surface area contributed by atoms with Gasteiger partial charge in [0.2, 0.25) is 0 Å². The average molecular weight is 303 g/mol. The maximum absolute atomic E-state index is 11.4. The minimum absolute atomic E-state index is 0.268. The summed E-state index contributed by atoms with van der Waals surface area (Å²) in [6, 6.07) is 11.0. The minimum atomic E-state index is -0.667. The lowest BCUT2D eigenvalue weighted by molar-refractivity contribution is -0.142. The number of piperazine rings is 1. The fourth-order valence-corrected chi connectivity index (χ4v) is 3.66. The van der Waals surface area contributed by atoms with Crippen molar-refractivity contribution in [3.05, 3.63) is 35.9 Å². The quantitative estimate of drug-likeness (QED) is 0.896. The normalized spacial score (nSPS) is 28.0. The van der Waals surface area contributed by atoms with Crippen LogP contribution >= 0.6 is 0 Å². The van der Waals surface area contributed by atoms with E-state index in [0.29, 0.717) is 19.1 Å². The van der Waals surface area contributed by atoms with Crippen molar-refractivity contribution in [2.24, 2.45) is 5.92 Å². The van der Waals surface area contributed by atoms with E-state index in [1.54, 1.807) is 0 Å². The van der Waals surface area contributed by atoms with Gasteiger partial charge in [-0.15, -0.1) is 0 Å². The van der Waals surface area contributed by atoms with Crippen molar-refractivity contribution < 1.29 is 9.90 Å². The second-order valence-corrected chi connectivity index (χ2v) is 6.63. The Hall–Kier alpha value is -1.43. The third-order valence-electron chi connectivity index (χ3n) is 4.80. The standard InChI is InChI=1S/C17H25N3O2/c1-18-10-15(17(21)22)11-20-8-7-19(13-16(20)12-18)9-14-5-3-2-4-6-14/h2-6,15-16H,7-13H2,1H3,(H,21,22). The van der Waals surface area contributed by atoms with Crippen molar-refractivity contribution >= 4 is 5.97 Å². The molecule has 0 spiro atoms. The molecule has 2 fully saturated rings. The predicted octanol–water partition coefficient (Wildman–Crippen LogP) is 0.819. The summed E-state index contributed by atoms with van der Waals surface area (Å²) in [4.78, 5) is 18.4. The summed E-state index contributed by atoms with van der Waals surface area (Å²) >= 11 is 0. The first kappa shape index (κ1) is 15.5. The molecule has 0 amide bonds. The van der Waals surface area contributed by atoms with Gasteiger partial charge >= 0.3 is 5.97 Å². The molecule has 2 aliphatic heterocycles. The van der Waals surface area contributed by atoms with Crippen LogP contribution < -0.4 is 0 Å². The lowest BCUT2D eigenvalue weighted by Crippen LogP contribution is -2.55. The van der Waals surface area contributed by atoms with E-state index in [1.165, 1.54) is 5.56 Å². The van der Waals surface area contributed by atoms with Gasteiger partial charge in [-0.05, 0) is 12.6 Å². The minimum Gasteiger partial charge on any atom is -0.481 e. The van der Waals surface area contributed by atoms with Gasteiger partial charge in [-0.2, -0.15) is 0 Å². The van der Waals surface area contributed by atoms with Gasteiger partial charge < -0.3 is 10.0 Å². The van der Waals surface area contributed by atoms with Crippen molar-refractivity contribution in [1.29, 1.82) is 0 Å². The summed E-state index contributed by atoms with van der Waals surface area (Å²) in [5.74, 6) is -0.935. The Morgan fingerprint density at radius 2 is 1.91 bits per heavy atom. The van der Waals surface area contributed by atoms with Crippen molar-refractivity contribution in [2.45, 2.75) is 12.6 Å². The third-order valence-corrected chi connectivity index (χ3v) is 4.80. The number of rotatable bonds is 3. The van der Waals surface area contributed by atoms with E-state index in [4.69, 9.17) is 0 Å². The van der Waals surface area contributed by atoms with Crippen LogP contribution in [0.5, 0.6) is 0 Å². The van der Waals surface area contributed by atoms with Gasteiger partial charge in [0.25, 0.3) is 0 Å². The smallest absolute Gasteiger partial charge is 0.309 e. The molecule has 120 valence electrons. The topological polar surface area (TPSA) is 47.0 Å². The Morgan fingerprint density at radius 1 is 1.14 bits per heavy atom. The van der Waals surface area contributed by atoms with Gasteiger partial charge in [0.05, 0.1) is 5.92 Å². The summed E-state index contributed by atoms with van der Waals surface area (Å²) in [7, 11) is 2.04. The first-order valence-corrected chi connectivity index (χ1v) is 8.03.